The summed E-state index contributed by atoms with van der Waals surface area (Å²) in [6, 6.07) is 12.5. The standard InChI is InChI=1S/C31H37F2N4O7PS/c1-35(2)14-12-23(34-28(38)27-18-21-17-22(10-11-26(21)46-27)31(32,33)45(41,42)43)29(39)37-13-6-9-24(37)30(40)36-15-16-44-25(19-36)20-7-4-3-5-8-20/h3-5,7-8,10-11,17-18,23-25H,6,9,12-16,19H2,1-2H3,(H,34,38)(H2,41,42,43)/t23-,24-,25-/m0/s1. The molecule has 3 atom stereocenters. The zero-order valence-corrected chi connectivity index (χ0v) is 27.2. The third-order valence-electron chi connectivity index (χ3n) is 8.29. The maximum atomic E-state index is 14.3. The van der Waals surface area contributed by atoms with E-state index in [0.29, 0.717) is 50.3 Å². The summed E-state index contributed by atoms with van der Waals surface area (Å²) in [7, 11) is -2.09. The highest BCUT2D eigenvalue weighted by Crippen LogP contribution is 2.59. The Kier molecular flexibility index (Phi) is 10.3. The van der Waals surface area contributed by atoms with Crippen LogP contribution in [-0.4, -0.2) is 101 Å². The number of nitrogens with one attached hydrogen (secondary N) is 1. The Balaban J connectivity index is 1.32. The highest BCUT2D eigenvalue weighted by atomic mass is 32.1. The van der Waals surface area contributed by atoms with Crippen molar-refractivity contribution in [3.05, 3.63) is 70.6 Å². The molecule has 11 nitrogen and oxygen atoms in total. The first kappa shape index (κ1) is 34.1. The van der Waals surface area contributed by atoms with Crippen LogP contribution in [-0.2, 0) is 24.6 Å². The van der Waals surface area contributed by atoms with Gasteiger partial charge in [-0.25, -0.2) is 0 Å². The molecule has 3 N–H and O–H groups in total. The number of alkyl halides is 2. The van der Waals surface area contributed by atoms with E-state index in [-0.39, 0.29) is 34.6 Å². The van der Waals surface area contributed by atoms with Gasteiger partial charge in [0.2, 0.25) is 11.8 Å². The van der Waals surface area contributed by atoms with Gasteiger partial charge in [-0.05, 0) is 69.1 Å². The van der Waals surface area contributed by atoms with Crippen LogP contribution < -0.4 is 5.32 Å². The normalized spacial score (nSPS) is 19.9. The van der Waals surface area contributed by atoms with E-state index in [2.05, 4.69) is 5.32 Å². The highest BCUT2D eigenvalue weighted by molar-refractivity contribution is 7.52. The van der Waals surface area contributed by atoms with E-state index in [0.717, 1.165) is 29.0 Å². The molecule has 2 aromatic carbocycles. The molecule has 2 aliphatic rings. The van der Waals surface area contributed by atoms with Crippen LogP contribution in [0.3, 0.4) is 0 Å². The monoisotopic (exact) mass is 678 g/mol. The second kappa shape index (κ2) is 13.8. The van der Waals surface area contributed by atoms with E-state index in [1.165, 1.54) is 12.1 Å². The van der Waals surface area contributed by atoms with Gasteiger partial charge in [0.15, 0.2) is 0 Å². The average Bonchev–Trinajstić information content (AvgIpc) is 3.70. The van der Waals surface area contributed by atoms with Crippen molar-refractivity contribution in [3.63, 3.8) is 0 Å². The quantitative estimate of drug-likeness (QED) is 0.276. The molecule has 2 fully saturated rings. The summed E-state index contributed by atoms with van der Waals surface area (Å²) in [6.45, 7) is 2.00. The first-order chi connectivity index (χ1) is 21.8. The second-order valence-electron chi connectivity index (χ2n) is 11.8. The zero-order valence-electron chi connectivity index (χ0n) is 25.5. The number of thiophene rings is 1. The lowest BCUT2D eigenvalue weighted by molar-refractivity contribution is -0.149. The van der Waals surface area contributed by atoms with Crippen molar-refractivity contribution in [1.82, 2.24) is 20.0 Å². The Hall–Kier alpha value is -3.26. The number of likely N-dealkylation sites (tertiary alicyclic amines) is 1. The van der Waals surface area contributed by atoms with Gasteiger partial charge in [0.05, 0.1) is 18.0 Å². The van der Waals surface area contributed by atoms with Gasteiger partial charge in [0.1, 0.15) is 18.2 Å². The SMILES string of the molecule is CN(C)CC[C@H](NC(=O)c1cc2cc(C(F)(F)P(=O)(O)O)ccc2s1)C(=O)N1CCC[C@H]1C(=O)N1CCO[C@H](c2ccccc2)C1. The van der Waals surface area contributed by atoms with Gasteiger partial charge >= 0.3 is 13.3 Å². The van der Waals surface area contributed by atoms with Crippen molar-refractivity contribution in [2.45, 2.75) is 43.1 Å². The van der Waals surface area contributed by atoms with E-state index in [4.69, 9.17) is 14.5 Å². The third-order valence-corrected chi connectivity index (χ3v) is 10.4. The lowest BCUT2D eigenvalue weighted by Gasteiger charge is -2.37. The topological polar surface area (TPSA) is 140 Å². The molecule has 3 heterocycles. The number of ether oxygens (including phenoxy) is 1. The predicted octanol–water partition coefficient (Wildman–Crippen LogP) is 3.77. The number of fused-ring (bicyclic) bond motifs is 1. The van der Waals surface area contributed by atoms with E-state index in [1.807, 2.05) is 49.3 Å². The molecule has 2 aliphatic heterocycles. The Morgan fingerprint density at radius 2 is 1.87 bits per heavy atom. The summed E-state index contributed by atoms with van der Waals surface area (Å²) < 4.78 is 46.3. The van der Waals surface area contributed by atoms with E-state index >= 15 is 0 Å². The fourth-order valence-corrected chi connectivity index (χ4v) is 7.22. The highest BCUT2D eigenvalue weighted by Gasteiger charge is 2.50. The number of halogens is 2. The number of benzene rings is 2. The van der Waals surface area contributed by atoms with Crippen LogP contribution in [0.5, 0.6) is 0 Å². The fourth-order valence-electron chi connectivity index (χ4n) is 5.80. The number of nitrogens with zero attached hydrogens (tertiary/aromatic N) is 3. The van der Waals surface area contributed by atoms with Gasteiger partial charge in [0, 0.05) is 23.4 Å². The largest absolute Gasteiger partial charge is 0.399 e. The molecule has 0 radical (unpaired) electrons. The maximum absolute atomic E-state index is 14.3. The minimum atomic E-state index is -5.76. The molecule has 0 unspecified atom stereocenters. The van der Waals surface area contributed by atoms with Gasteiger partial charge in [-0.15, -0.1) is 11.3 Å². The first-order valence-corrected chi connectivity index (χ1v) is 17.4. The maximum Gasteiger partial charge on any atom is 0.399 e. The van der Waals surface area contributed by atoms with Crippen molar-refractivity contribution in [1.29, 1.82) is 0 Å². The smallest absolute Gasteiger partial charge is 0.370 e. The van der Waals surface area contributed by atoms with Gasteiger partial charge in [-0.1, -0.05) is 36.4 Å². The Labute approximate surface area is 269 Å². The number of carbonyl (C=O) groups excluding carboxylic acids is 3. The van der Waals surface area contributed by atoms with Gasteiger partial charge in [-0.3, -0.25) is 18.9 Å². The van der Waals surface area contributed by atoms with Crippen LogP contribution in [0.2, 0.25) is 0 Å². The molecule has 248 valence electrons. The van der Waals surface area contributed by atoms with Gasteiger partial charge in [0.25, 0.3) is 5.91 Å². The summed E-state index contributed by atoms with van der Waals surface area (Å²) in [6.07, 6.45) is 1.15. The van der Waals surface area contributed by atoms with E-state index in [9.17, 15) is 27.7 Å². The molecule has 0 spiro atoms. The Morgan fingerprint density at radius 3 is 2.57 bits per heavy atom. The Bertz CT molecular complexity index is 1630. The van der Waals surface area contributed by atoms with Crippen molar-refractivity contribution in [2.24, 2.45) is 0 Å². The zero-order chi connectivity index (χ0) is 33.2. The van der Waals surface area contributed by atoms with E-state index < -0.39 is 36.8 Å². The van der Waals surface area contributed by atoms with Crippen LogP contribution >= 0.6 is 18.9 Å². The lowest BCUT2D eigenvalue weighted by Crippen LogP contribution is -2.56. The molecule has 0 saturated carbocycles. The number of rotatable bonds is 10. The van der Waals surface area contributed by atoms with Crippen molar-refractivity contribution >= 4 is 46.7 Å². The second-order valence-corrected chi connectivity index (χ2v) is 14.5. The summed E-state index contributed by atoms with van der Waals surface area (Å²) >= 11 is 1.01. The van der Waals surface area contributed by atoms with Crippen LogP contribution in [0.15, 0.2) is 54.6 Å². The molecule has 2 saturated heterocycles. The minimum absolute atomic E-state index is 0.142. The minimum Gasteiger partial charge on any atom is -0.370 e. The van der Waals surface area contributed by atoms with Crippen molar-refractivity contribution in [3.8, 4) is 0 Å². The number of morpholine rings is 1. The fraction of sp³-hybridized carbons (Fsp3) is 0.452. The average molecular weight is 679 g/mol. The first-order valence-electron chi connectivity index (χ1n) is 14.9. The number of amides is 3. The van der Waals surface area contributed by atoms with Crippen LogP contribution in [0, 0.1) is 0 Å². The molecule has 0 bridgehead atoms. The molecule has 3 amide bonds. The molecule has 5 rings (SSSR count). The molecular weight excluding hydrogens is 641 g/mol. The summed E-state index contributed by atoms with van der Waals surface area (Å²) in [5.41, 5.74) is -4.28. The number of hydrogen-bond donors (Lipinski definition) is 3. The Morgan fingerprint density at radius 1 is 1.13 bits per heavy atom. The molecule has 3 aromatic rings. The molecular formula is C31H37F2N4O7PS. The lowest BCUT2D eigenvalue weighted by atomic mass is 10.1. The van der Waals surface area contributed by atoms with E-state index in [1.54, 1.807) is 9.80 Å². The van der Waals surface area contributed by atoms with Crippen LogP contribution in [0.4, 0.5) is 8.78 Å². The van der Waals surface area contributed by atoms with Gasteiger partial charge in [-0.2, -0.15) is 8.78 Å². The molecule has 15 heteroatoms. The summed E-state index contributed by atoms with van der Waals surface area (Å²) in [5, 5.41) is 3.01. The predicted molar refractivity (Wildman–Crippen MR) is 169 cm³/mol. The van der Waals surface area contributed by atoms with Crippen LogP contribution in [0.25, 0.3) is 10.1 Å². The molecule has 0 aliphatic carbocycles. The third kappa shape index (κ3) is 7.32. The van der Waals surface area contributed by atoms with Crippen molar-refractivity contribution in [2.75, 3.05) is 46.9 Å². The van der Waals surface area contributed by atoms with Gasteiger partial charge < -0.3 is 34.5 Å². The number of carbonyl (C=O) groups is 3. The molecule has 46 heavy (non-hydrogen) atoms. The summed E-state index contributed by atoms with van der Waals surface area (Å²) in [4.78, 5) is 64.7. The summed E-state index contributed by atoms with van der Waals surface area (Å²) in [5.74, 6) is -1.12. The van der Waals surface area contributed by atoms with Crippen LogP contribution in [0.1, 0.15) is 46.2 Å². The van der Waals surface area contributed by atoms with Crippen molar-refractivity contribution < 1.29 is 42.3 Å². The number of hydrogen-bond acceptors (Lipinski definition) is 7. The molecule has 1 aromatic heterocycles.